The van der Waals surface area contributed by atoms with Crippen molar-refractivity contribution in [2.75, 3.05) is 6.61 Å². The van der Waals surface area contributed by atoms with E-state index in [1.54, 1.807) is 20.8 Å². The minimum Gasteiger partial charge on any atom is -0.458 e. The number of hydrogen-bond donors (Lipinski definition) is 2. The molecule has 0 spiro atoms. The molecule has 0 radical (unpaired) electrons. The van der Waals surface area contributed by atoms with Crippen LogP contribution in [0.2, 0.25) is 0 Å². The van der Waals surface area contributed by atoms with Gasteiger partial charge in [0.15, 0.2) is 6.04 Å². The lowest BCUT2D eigenvalue weighted by atomic mass is 10.0. The van der Waals surface area contributed by atoms with E-state index >= 15 is 0 Å². The predicted octanol–water partition coefficient (Wildman–Crippen LogP) is 3.19. The first-order valence-electron chi connectivity index (χ1n) is 9.24. The second-order valence-corrected chi connectivity index (χ2v) is 7.77. The first-order chi connectivity index (χ1) is 13.3. The van der Waals surface area contributed by atoms with Gasteiger partial charge in [-0.05, 0) is 55.0 Å². The van der Waals surface area contributed by atoms with Crippen LogP contribution in [-0.2, 0) is 27.3 Å². The summed E-state index contributed by atoms with van der Waals surface area (Å²) in [6.07, 6.45) is 0.0159. The fourth-order valence-electron chi connectivity index (χ4n) is 3.24. The van der Waals surface area contributed by atoms with Crippen LogP contribution < -0.4 is 5.32 Å². The molecule has 1 amide bonds. The Hall–Kier alpha value is -2.86. The third-order valence-corrected chi connectivity index (χ3v) is 4.47. The minimum atomic E-state index is -1.17. The molecule has 0 heterocycles. The van der Waals surface area contributed by atoms with E-state index in [1.165, 1.54) is 11.1 Å². The fraction of sp³-hybridized carbons (Fsp3) is 0.364. The number of nitrogens with one attached hydrogen (secondary N) is 1. The van der Waals surface area contributed by atoms with Crippen LogP contribution in [0.4, 0.5) is 4.79 Å². The summed E-state index contributed by atoms with van der Waals surface area (Å²) in [5.41, 5.74) is 4.95. The number of aliphatic hydroxyl groups excluding tert-OH is 1. The van der Waals surface area contributed by atoms with Crippen molar-refractivity contribution in [3.8, 4) is 11.1 Å². The van der Waals surface area contributed by atoms with Gasteiger partial charge in [0.1, 0.15) is 12.2 Å². The van der Waals surface area contributed by atoms with E-state index < -0.39 is 30.3 Å². The number of amides is 1. The lowest BCUT2D eigenvalue weighted by Gasteiger charge is -2.23. The van der Waals surface area contributed by atoms with Gasteiger partial charge in [-0.1, -0.05) is 42.5 Å². The van der Waals surface area contributed by atoms with Crippen molar-refractivity contribution in [3.05, 3.63) is 59.2 Å². The molecule has 1 aliphatic rings. The van der Waals surface area contributed by atoms with Crippen molar-refractivity contribution in [3.63, 3.8) is 0 Å². The highest BCUT2D eigenvalue weighted by Crippen LogP contribution is 2.38. The lowest BCUT2D eigenvalue weighted by molar-refractivity contribution is -0.158. The van der Waals surface area contributed by atoms with Crippen LogP contribution in [0.5, 0.6) is 0 Å². The molecule has 0 aliphatic heterocycles. The number of hydrogen-bond acceptors (Lipinski definition) is 5. The number of alkyl carbamates (subject to hydrolysis) is 1. The van der Waals surface area contributed by atoms with Crippen LogP contribution in [0.3, 0.4) is 0 Å². The van der Waals surface area contributed by atoms with Crippen molar-refractivity contribution >= 4 is 12.1 Å². The summed E-state index contributed by atoms with van der Waals surface area (Å²) in [7, 11) is 0. The molecule has 6 nitrogen and oxygen atoms in total. The molecule has 2 aromatic carbocycles. The van der Waals surface area contributed by atoms with Crippen LogP contribution in [0.15, 0.2) is 42.5 Å². The van der Waals surface area contributed by atoms with E-state index in [0.29, 0.717) is 0 Å². The Labute approximate surface area is 164 Å². The Morgan fingerprint density at radius 2 is 1.82 bits per heavy atom. The molecule has 0 fully saturated rings. The molecule has 6 heteroatoms. The molecule has 3 rings (SSSR count). The third-order valence-electron chi connectivity index (χ3n) is 4.47. The summed E-state index contributed by atoms with van der Waals surface area (Å²) in [6.45, 7) is 4.65. The zero-order valence-corrected chi connectivity index (χ0v) is 16.3. The van der Waals surface area contributed by atoms with Crippen molar-refractivity contribution in [1.82, 2.24) is 5.32 Å². The highest BCUT2D eigenvalue weighted by Gasteiger charge is 2.27. The predicted molar refractivity (Wildman–Crippen MR) is 105 cm³/mol. The van der Waals surface area contributed by atoms with Gasteiger partial charge in [0, 0.05) is 0 Å². The van der Waals surface area contributed by atoms with Crippen molar-refractivity contribution in [2.45, 2.75) is 45.4 Å². The van der Waals surface area contributed by atoms with Crippen LogP contribution >= 0.6 is 0 Å². The quantitative estimate of drug-likeness (QED) is 0.661. The first kappa shape index (κ1) is 19.9. The second-order valence-electron chi connectivity index (χ2n) is 7.77. The normalized spacial score (nSPS) is 13.3. The average Bonchev–Trinajstić information content (AvgIpc) is 3.02. The minimum absolute atomic E-state index is 0.0788. The molecule has 0 saturated heterocycles. The van der Waals surface area contributed by atoms with Gasteiger partial charge >= 0.3 is 12.1 Å². The summed E-state index contributed by atoms with van der Waals surface area (Å²) < 4.78 is 10.5. The zero-order valence-electron chi connectivity index (χ0n) is 16.3. The van der Waals surface area contributed by atoms with Gasteiger partial charge in [-0.25, -0.2) is 9.59 Å². The average molecular weight is 383 g/mol. The van der Waals surface area contributed by atoms with Gasteiger partial charge in [0.2, 0.25) is 0 Å². The molecule has 2 aromatic rings. The summed E-state index contributed by atoms with van der Waals surface area (Å²) >= 11 is 0. The van der Waals surface area contributed by atoms with E-state index in [0.717, 1.165) is 23.1 Å². The number of aliphatic hydroxyl groups is 1. The highest BCUT2D eigenvalue weighted by atomic mass is 16.6. The maximum absolute atomic E-state index is 12.1. The number of esters is 1. The van der Waals surface area contributed by atoms with Crippen LogP contribution in [0.1, 0.15) is 37.5 Å². The molecule has 0 saturated carbocycles. The summed E-state index contributed by atoms with van der Waals surface area (Å²) in [4.78, 5) is 24.1. The molecule has 0 aromatic heterocycles. The van der Waals surface area contributed by atoms with E-state index in [1.807, 2.05) is 24.3 Å². The van der Waals surface area contributed by atoms with Crippen molar-refractivity contribution in [2.24, 2.45) is 0 Å². The molecule has 28 heavy (non-hydrogen) atoms. The standard InChI is InChI=1S/C22H25NO5/c1-22(2,3)28-20(25)19(12-24)23-21(26)27-13-15-8-6-10-17-16-9-5-4-7-14(16)11-18(15)17/h4-10,19,24H,11-13H2,1-3H3,(H,23,26)/t19-/m0/s1. The number of ether oxygens (including phenoxy) is 2. The Bertz CT molecular complexity index is 885. The number of fused-ring (bicyclic) bond motifs is 3. The SMILES string of the molecule is CC(C)(C)OC(=O)[C@H](CO)NC(=O)OCc1cccc2c1Cc1ccccc1-2. The number of rotatable bonds is 5. The molecule has 0 unspecified atom stereocenters. The highest BCUT2D eigenvalue weighted by molar-refractivity contribution is 5.82. The topological polar surface area (TPSA) is 84.9 Å². The molecule has 1 atom stereocenters. The zero-order chi connectivity index (χ0) is 20.3. The molecular formula is C22H25NO5. The van der Waals surface area contributed by atoms with E-state index in [9.17, 15) is 14.7 Å². The van der Waals surface area contributed by atoms with Gasteiger partial charge in [0.05, 0.1) is 6.61 Å². The Kier molecular flexibility index (Phi) is 5.70. The van der Waals surface area contributed by atoms with Gasteiger partial charge in [-0.15, -0.1) is 0 Å². The summed E-state index contributed by atoms with van der Waals surface area (Å²) in [6, 6.07) is 13.0. The Balaban J connectivity index is 1.62. The van der Waals surface area contributed by atoms with Crippen LogP contribution in [0.25, 0.3) is 11.1 Å². The van der Waals surface area contributed by atoms with Gasteiger partial charge in [0.25, 0.3) is 0 Å². The molecule has 0 bridgehead atoms. The van der Waals surface area contributed by atoms with Crippen LogP contribution in [-0.4, -0.2) is 35.4 Å². The van der Waals surface area contributed by atoms with E-state index in [-0.39, 0.29) is 6.61 Å². The first-order valence-corrected chi connectivity index (χ1v) is 9.24. The third kappa shape index (κ3) is 4.51. The second kappa shape index (κ2) is 8.02. The summed E-state index contributed by atoms with van der Waals surface area (Å²) in [5.74, 6) is -0.706. The van der Waals surface area contributed by atoms with Gasteiger partial charge in [-0.3, -0.25) is 0 Å². The van der Waals surface area contributed by atoms with E-state index in [2.05, 4.69) is 23.5 Å². The Morgan fingerprint density at radius 3 is 2.54 bits per heavy atom. The van der Waals surface area contributed by atoms with Gasteiger partial charge < -0.3 is 19.9 Å². The number of carbonyl (C=O) groups excluding carboxylic acids is 2. The molecule has 1 aliphatic carbocycles. The molecule has 2 N–H and O–H groups in total. The maximum Gasteiger partial charge on any atom is 0.408 e. The summed E-state index contributed by atoms with van der Waals surface area (Å²) in [5, 5.41) is 11.7. The van der Waals surface area contributed by atoms with Crippen molar-refractivity contribution < 1.29 is 24.2 Å². The monoisotopic (exact) mass is 383 g/mol. The lowest BCUT2D eigenvalue weighted by Crippen LogP contribution is -2.46. The van der Waals surface area contributed by atoms with Crippen LogP contribution in [0, 0.1) is 0 Å². The number of carbonyl (C=O) groups is 2. The van der Waals surface area contributed by atoms with Crippen molar-refractivity contribution in [1.29, 1.82) is 0 Å². The van der Waals surface area contributed by atoms with Gasteiger partial charge in [-0.2, -0.15) is 0 Å². The maximum atomic E-state index is 12.1. The van der Waals surface area contributed by atoms with E-state index in [4.69, 9.17) is 9.47 Å². The molecule has 148 valence electrons. The number of benzene rings is 2. The Morgan fingerprint density at radius 1 is 1.11 bits per heavy atom. The fourth-order valence-corrected chi connectivity index (χ4v) is 3.24. The smallest absolute Gasteiger partial charge is 0.408 e. The largest absolute Gasteiger partial charge is 0.458 e. The molecular weight excluding hydrogens is 358 g/mol.